The zero-order valence-corrected chi connectivity index (χ0v) is 19.6. The topological polar surface area (TPSA) is 41.6 Å². The molecule has 1 aromatic carbocycles. The molecule has 6 heteroatoms. The van der Waals surface area contributed by atoms with E-state index in [2.05, 4.69) is 12.2 Å². The zero-order chi connectivity index (χ0) is 21.4. The molecule has 1 heterocycles. The summed E-state index contributed by atoms with van der Waals surface area (Å²) in [6.45, 7) is 6.41. The molecule has 0 aliphatic carbocycles. The molecule has 0 bridgehead atoms. The third-order valence-corrected chi connectivity index (χ3v) is 6.15. The van der Waals surface area contributed by atoms with Crippen molar-refractivity contribution in [2.24, 2.45) is 0 Å². The van der Waals surface area contributed by atoms with E-state index >= 15 is 0 Å². The van der Waals surface area contributed by atoms with Crippen LogP contribution in [0, 0.1) is 0 Å². The van der Waals surface area contributed by atoms with E-state index in [1.165, 1.54) is 38.5 Å². The number of carbonyl (C=O) groups excluding carboxylic acids is 1. The smallest absolute Gasteiger partial charge is 0.173 e. The Kier molecular flexibility index (Phi) is 9.44. The van der Waals surface area contributed by atoms with Gasteiger partial charge in [-0.1, -0.05) is 63.1 Å². The van der Waals surface area contributed by atoms with Crippen LogP contribution >= 0.6 is 23.8 Å². The number of benzene rings is 1. The Morgan fingerprint density at radius 2 is 1.86 bits per heavy atom. The van der Waals surface area contributed by atoms with E-state index in [1.807, 2.05) is 37.1 Å². The first kappa shape index (κ1) is 23.7. The molecular formula is C23H33ClN2O2S. The van der Waals surface area contributed by atoms with E-state index in [4.69, 9.17) is 28.6 Å². The lowest BCUT2D eigenvalue weighted by molar-refractivity contribution is -0.114. The van der Waals surface area contributed by atoms with Gasteiger partial charge in [-0.05, 0) is 50.2 Å². The highest BCUT2D eigenvalue weighted by Crippen LogP contribution is 2.35. The van der Waals surface area contributed by atoms with E-state index in [0.29, 0.717) is 22.3 Å². The first-order valence-electron chi connectivity index (χ1n) is 10.5. The Morgan fingerprint density at radius 3 is 2.48 bits per heavy atom. The minimum Gasteiger partial charge on any atom is -0.494 e. The summed E-state index contributed by atoms with van der Waals surface area (Å²) in [5.74, 6) is 0.759. The molecule has 0 amide bonds. The summed E-state index contributed by atoms with van der Waals surface area (Å²) in [5.41, 5.74) is 2.36. The monoisotopic (exact) mass is 436 g/mol. The predicted octanol–water partition coefficient (Wildman–Crippen LogP) is 6.19. The number of ketones is 1. The second kappa shape index (κ2) is 11.6. The van der Waals surface area contributed by atoms with Gasteiger partial charge in [0.25, 0.3) is 0 Å². The van der Waals surface area contributed by atoms with Crippen molar-refractivity contribution in [3.8, 4) is 5.75 Å². The molecule has 0 saturated heterocycles. The molecule has 1 N–H and O–H groups in total. The van der Waals surface area contributed by atoms with Crippen LogP contribution in [0.25, 0.3) is 0 Å². The number of unbranched alkanes of at least 4 members (excludes halogenated alkanes) is 6. The number of ether oxygens (including phenoxy) is 1. The van der Waals surface area contributed by atoms with Crippen LogP contribution in [0.2, 0.25) is 5.02 Å². The molecule has 2 rings (SSSR count). The Bertz CT molecular complexity index is 763. The highest BCUT2D eigenvalue weighted by molar-refractivity contribution is 7.80. The minimum atomic E-state index is -0.346. The number of hydrogen-bond donors (Lipinski definition) is 1. The summed E-state index contributed by atoms with van der Waals surface area (Å²) in [7, 11) is 1.85. The van der Waals surface area contributed by atoms with Crippen molar-refractivity contribution < 1.29 is 9.53 Å². The van der Waals surface area contributed by atoms with Crippen molar-refractivity contribution in [1.82, 2.24) is 10.2 Å². The Hall–Kier alpha value is -1.59. The van der Waals surface area contributed by atoms with Crippen LogP contribution in [0.4, 0.5) is 0 Å². The lowest BCUT2D eigenvalue weighted by Crippen LogP contribution is -2.45. The fourth-order valence-electron chi connectivity index (χ4n) is 3.61. The maximum atomic E-state index is 12.3. The molecule has 29 heavy (non-hydrogen) atoms. The molecule has 1 atom stereocenters. The van der Waals surface area contributed by atoms with E-state index < -0.39 is 0 Å². The standard InChI is InChI=1S/C23H33ClN2O2S/c1-5-6-7-8-9-10-11-14-28-18-12-13-19(20(24)15-18)22-21(17(3)27)16(2)26(4)23(29)25-22/h12-13,15,22H,5-11,14H2,1-4H3,(H,25,29). The van der Waals surface area contributed by atoms with Gasteiger partial charge in [0, 0.05) is 23.3 Å². The molecular weight excluding hydrogens is 404 g/mol. The Labute approximate surface area is 185 Å². The molecule has 0 spiro atoms. The minimum absolute atomic E-state index is 0.00433. The first-order chi connectivity index (χ1) is 13.9. The molecule has 0 fully saturated rings. The molecule has 0 radical (unpaired) electrons. The highest BCUT2D eigenvalue weighted by atomic mass is 35.5. The molecule has 160 valence electrons. The highest BCUT2D eigenvalue weighted by Gasteiger charge is 2.31. The average Bonchev–Trinajstić information content (AvgIpc) is 2.67. The van der Waals surface area contributed by atoms with Crippen molar-refractivity contribution in [3.05, 3.63) is 40.1 Å². The van der Waals surface area contributed by atoms with Crippen molar-refractivity contribution in [3.63, 3.8) is 0 Å². The zero-order valence-electron chi connectivity index (χ0n) is 18.0. The fourth-order valence-corrected chi connectivity index (χ4v) is 4.14. The number of thiocarbonyl (C=S) groups is 1. The Morgan fingerprint density at radius 1 is 1.21 bits per heavy atom. The van der Waals surface area contributed by atoms with Gasteiger partial charge in [0.05, 0.1) is 12.6 Å². The predicted molar refractivity (Wildman–Crippen MR) is 125 cm³/mol. The van der Waals surface area contributed by atoms with E-state index in [0.717, 1.165) is 23.4 Å². The average molecular weight is 437 g/mol. The molecule has 1 unspecified atom stereocenters. The van der Waals surface area contributed by atoms with Gasteiger partial charge < -0.3 is 15.0 Å². The van der Waals surface area contributed by atoms with Gasteiger partial charge in [-0.2, -0.15) is 0 Å². The summed E-state index contributed by atoms with van der Waals surface area (Å²) >= 11 is 12.0. The number of nitrogens with one attached hydrogen (secondary N) is 1. The number of halogens is 1. The number of Topliss-reactive ketones (excluding diaryl/α,β-unsaturated/α-hetero) is 1. The van der Waals surface area contributed by atoms with Crippen LogP contribution in [0.3, 0.4) is 0 Å². The third kappa shape index (κ3) is 6.45. The maximum Gasteiger partial charge on any atom is 0.173 e. The SMILES string of the molecule is CCCCCCCCCOc1ccc(C2NC(=S)N(C)C(C)=C2C(C)=O)c(Cl)c1. The summed E-state index contributed by atoms with van der Waals surface area (Å²) in [4.78, 5) is 14.1. The number of nitrogens with zero attached hydrogens (tertiary/aromatic N) is 1. The first-order valence-corrected chi connectivity index (χ1v) is 11.3. The summed E-state index contributed by atoms with van der Waals surface area (Å²) in [5, 5.41) is 4.38. The van der Waals surface area contributed by atoms with Crippen molar-refractivity contribution in [2.75, 3.05) is 13.7 Å². The van der Waals surface area contributed by atoms with Crippen LogP contribution in [-0.4, -0.2) is 29.5 Å². The molecule has 4 nitrogen and oxygen atoms in total. The Balaban J connectivity index is 1.98. The molecule has 1 aliphatic heterocycles. The largest absolute Gasteiger partial charge is 0.494 e. The van der Waals surface area contributed by atoms with Gasteiger partial charge in [-0.3, -0.25) is 4.79 Å². The van der Waals surface area contributed by atoms with Crippen LogP contribution in [0.15, 0.2) is 29.5 Å². The van der Waals surface area contributed by atoms with E-state index in [1.54, 1.807) is 6.92 Å². The van der Waals surface area contributed by atoms with Crippen LogP contribution in [0.5, 0.6) is 5.75 Å². The van der Waals surface area contributed by atoms with Crippen molar-refractivity contribution >= 4 is 34.7 Å². The van der Waals surface area contributed by atoms with E-state index in [9.17, 15) is 4.79 Å². The lowest BCUT2D eigenvalue weighted by atomic mass is 9.92. The van der Waals surface area contributed by atoms with Crippen LogP contribution < -0.4 is 10.1 Å². The third-order valence-electron chi connectivity index (χ3n) is 5.43. The molecule has 1 aromatic rings. The van der Waals surface area contributed by atoms with Gasteiger partial charge in [-0.25, -0.2) is 0 Å². The van der Waals surface area contributed by atoms with Crippen molar-refractivity contribution in [2.45, 2.75) is 71.8 Å². The van der Waals surface area contributed by atoms with Gasteiger partial charge >= 0.3 is 0 Å². The quantitative estimate of drug-likeness (QED) is 0.330. The van der Waals surface area contributed by atoms with Crippen LogP contribution in [-0.2, 0) is 4.79 Å². The number of allylic oxidation sites excluding steroid dienone is 1. The second-order valence-electron chi connectivity index (χ2n) is 7.65. The normalized spacial score (nSPS) is 16.8. The van der Waals surface area contributed by atoms with Gasteiger partial charge in [0.15, 0.2) is 10.9 Å². The lowest BCUT2D eigenvalue weighted by Gasteiger charge is -2.35. The summed E-state index contributed by atoms with van der Waals surface area (Å²) in [6.07, 6.45) is 8.76. The summed E-state index contributed by atoms with van der Waals surface area (Å²) in [6, 6.07) is 5.32. The van der Waals surface area contributed by atoms with Gasteiger partial charge in [0.2, 0.25) is 0 Å². The van der Waals surface area contributed by atoms with Crippen LogP contribution in [0.1, 0.15) is 77.3 Å². The molecule has 0 saturated carbocycles. The molecule has 1 aliphatic rings. The van der Waals surface area contributed by atoms with Crippen molar-refractivity contribution in [1.29, 1.82) is 0 Å². The maximum absolute atomic E-state index is 12.3. The summed E-state index contributed by atoms with van der Waals surface area (Å²) < 4.78 is 5.87. The number of carbonyl (C=O) groups is 1. The molecule has 0 aromatic heterocycles. The second-order valence-corrected chi connectivity index (χ2v) is 8.44. The number of rotatable bonds is 11. The number of hydrogen-bond acceptors (Lipinski definition) is 3. The van der Waals surface area contributed by atoms with Gasteiger partial charge in [0.1, 0.15) is 5.75 Å². The van der Waals surface area contributed by atoms with Gasteiger partial charge in [-0.15, -0.1) is 0 Å². The fraction of sp³-hybridized carbons (Fsp3) is 0.565. The van der Waals surface area contributed by atoms with E-state index in [-0.39, 0.29) is 11.8 Å².